The van der Waals surface area contributed by atoms with Crippen LogP contribution in [-0.2, 0) is 12.3 Å². The van der Waals surface area contributed by atoms with Crippen molar-refractivity contribution in [1.82, 2.24) is 9.97 Å². The molecule has 30 heavy (non-hydrogen) atoms. The average Bonchev–Trinajstić information content (AvgIpc) is 2.73. The Morgan fingerprint density at radius 1 is 1.07 bits per heavy atom. The second-order valence-electron chi connectivity index (χ2n) is 6.63. The van der Waals surface area contributed by atoms with Crippen molar-refractivity contribution in [2.24, 2.45) is 0 Å². The summed E-state index contributed by atoms with van der Waals surface area (Å²) < 4.78 is 0. The molecule has 0 unspecified atom stereocenters. The van der Waals surface area contributed by atoms with Crippen LogP contribution in [0, 0.1) is 0 Å². The molecule has 0 saturated heterocycles. The molecular weight excluding hydrogens is 443 g/mol. The first-order valence-electron chi connectivity index (χ1n) is 9.02. The van der Waals surface area contributed by atoms with Gasteiger partial charge in [-0.05, 0) is 23.3 Å². The molecule has 0 aliphatic carbocycles. The van der Waals surface area contributed by atoms with Crippen LogP contribution in [0.25, 0.3) is 0 Å². The molecule has 0 aliphatic heterocycles. The van der Waals surface area contributed by atoms with Crippen LogP contribution >= 0.6 is 35.0 Å². The molecule has 0 aliphatic rings. The Bertz CT molecular complexity index is 1050. The van der Waals surface area contributed by atoms with Crippen molar-refractivity contribution in [3.8, 4) is 0 Å². The normalized spacial score (nSPS) is 10.7. The standard InChI is InChI=1S/C21H20Cl2N4O2S/c1-27(2)21-25-18(24-11-14-8-9-15(22)16(23)10-14)17(20(28)29)19(26-21)30-12-13-6-4-3-5-7-13/h3-10H,11-12H2,1-2H3,(H,28,29)(H,24,25,26). The van der Waals surface area contributed by atoms with Crippen molar-refractivity contribution in [1.29, 1.82) is 0 Å². The first-order valence-corrected chi connectivity index (χ1v) is 10.8. The molecular formula is C21H20Cl2N4O2S. The van der Waals surface area contributed by atoms with Gasteiger partial charge in [-0.15, -0.1) is 11.8 Å². The lowest BCUT2D eigenvalue weighted by Gasteiger charge is -2.17. The third-order valence-corrected chi connectivity index (χ3v) is 5.93. The predicted molar refractivity (Wildman–Crippen MR) is 123 cm³/mol. The summed E-state index contributed by atoms with van der Waals surface area (Å²) >= 11 is 13.4. The summed E-state index contributed by atoms with van der Waals surface area (Å²) in [4.78, 5) is 22.7. The van der Waals surface area contributed by atoms with Crippen LogP contribution in [-0.4, -0.2) is 35.1 Å². The third kappa shape index (κ3) is 5.56. The average molecular weight is 463 g/mol. The number of carboxylic acids is 1. The zero-order valence-corrected chi connectivity index (χ0v) is 18.7. The van der Waals surface area contributed by atoms with Crippen LogP contribution < -0.4 is 10.2 Å². The Hall–Kier alpha value is -2.48. The van der Waals surface area contributed by atoms with Gasteiger partial charge in [-0.1, -0.05) is 59.6 Å². The van der Waals surface area contributed by atoms with E-state index in [1.54, 1.807) is 17.0 Å². The largest absolute Gasteiger partial charge is 0.477 e. The Morgan fingerprint density at radius 3 is 2.43 bits per heavy atom. The van der Waals surface area contributed by atoms with Crippen LogP contribution in [0.4, 0.5) is 11.8 Å². The van der Waals surface area contributed by atoms with Crippen LogP contribution in [0.5, 0.6) is 0 Å². The highest BCUT2D eigenvalue weighted by molar-refractivity contribution is 7.98. The molecule has 2 aromatic carbocycles. The molecule has 1 aromatic heterocycles. The Kier molecular flexibility index (Phi) is 7.42. The van der Waals surface area contributed by atoms with E-state index in [4.69, 9.17) is 23.2 Å². The lowest BCUT2D eigenvalue weighted by atomic mass is 10.2. The lowest BCUT2D eigenvalue weighted by molar-refractivity contribution is 0.0693. The van der Waals surface area contributed by atoms with Crippen molar-refractivity contribution in [2.75, 3.05) is 24.3 Å². The van der Waals surface area contributed by atoms with Gasteiger partial charge in [0.05, 0.1) is 10.0 Å². The molecule has 0 spiro atoms. The molecule has 0 atom stereocenters. The van der Waals surface area contributed by atoms with Crippen molar-refractivity contribution in [3.63, 3.8) is 0 Å². The Morgan fingerprint density at radius 2 is 1.80 bits per heavy atom. The van der Waals surface area contributed by atoms with Crippen molar-refractivity contribution < 1.29 is 9.90 Å². The number of thioether (sulfide) groups is 1. The molecule has 0 radical (unpaired) electrons. The number of halogens is 2. The maximum absolute atomic E-state index is 12.1. The second kappa shape index (κ2) is 10.0. The number of hydrogen-bond donors (Lipinski definition) is 2. The molecule has 0 saturated carbocycles. The minimum atomic E-state index is -1.09. The minimum Gasteiger partial charge on any atom is -0.477 e. The summed E-state index contributed by atoms with van der Waals surface area (Å²) in [6, 6.07) is 15.1. The molecule has 156 valence electrons. The van der Waals surface area contributed by atoms with Gasteiger partial charge in [0.2, 0.25) is 5.95 Å². The fourth-order valence-electron chi connectivity index (χ4n) is 2.62. The maximum Gasteiger partial charge on any atom is 0.342 e. The Balaban J connectivity index is 1.92. The van der Waals surface area contributed by atoms with E-state index in [0.29, 0.717) is 33.3 Å². The summed E-state index contributed by atoms with van der Waals surface area (Å²) in [5.74, 6) is 0.180. The summed E-state index contributed by atoms with van der Waals surface area (Å²) in [5.41, 5.74) is 1.97. The number of nitrogens with zero attached hydrogens (tertiary/aromatic N) is 3. The summed E-state index contributed by atoms with van der Waals surface area (Å²) in [6.07, 6.45) is 0. The van der Waals surface area contributed by atoms with Gasteiger partial charge in [0.15, 0.2) is 0 Å². The van der Waals surface area contributed by atoms with Gasteiger partial charge < -0.3 is 15.3 Å². The number of aromatic nitrogens is 2. The van der Waals surface area contributed by atoms with Crippen molar-refractivity contribution in [3.05, 3.63) is 75.3 Å². The van der Waals surface area contributed by atoms with Gasteiger partial charge in [0.1, 0.15) is 16.4 Å². The summed E-state index contributed by atoms with van der Waals surface area (Å²) in [7, 11) is 3.62. The monoisotopic (exact) mass is 462 g/mol. The summed E-state index contributed by atoms with van der Waals surface area (Å²) in [5, 5.41) is 14.3. The number of anilines is 2. The number of nitrogens with one attached hydrogen (secondary N) is 1. The SMILES string of the molecule is CN(C)c1nc(NCc2ccc(Cl)c(Cl)c2)c(C(=O)O)c(SCc2ccccc2)n1. The molecule has 0 amide bonds. The topological polar surface area (TPSA) is 78.4 Å². The quantitative estimate of drug-likeness (QED) is 0.340. The van der Waals surface area contributed by atoms with Gasteiger partial charge in [-0.2, -0.15) is 4.98 Å². The van der Waals surface area contributed by atoms with E-state index in [2.05, 4.69) is 15.3 Å². The first-order chi connectivity index (χ1) is 14.3. The van der Waals surface area contributed by atoms with E-state index in [9.17, 15) is 9.90 Å². The van der Waals surface area contributed by atoms with Crippen LogP contribution in [0.2, 0.25) is 10.0 Å². The lowest BCUT2D eigenvalue weighted by Crippen LogP contribution is -2.18. The molecule has 3 rings (SSSR count). The number of carbonyl (C=O) groups is 1. The van der Waals surface area contributed by atoms with E-state index in [0.717, 1.165) is 11.1 Å². The number of hydrogen-bond acceptors (Lipinski definition) is 6. The highest BCUT2D eigenvalue weighted by Crippen LogP contribution is 2.31. The van der Waals surface area contributed by atoms with Gasteiger partial charge in [0.25, 0.3) is 0 Å². The van der Waals surface area contributed by atoms with Crippen LogP contribution in [0.15, 0.2) is 53.6 Å². The molecule has 0 bridgehead atoms. The number of carboxylic acid groups (broad SMARTS) is 1. The maximum atomic E-state index is 12.1. The van der Waals surface area contributed by atoms with E-state index in [1.807, 2.05) is 50.5 Å². The number of aromatic carboxylic acids is 1. The molecule has 1 heterocycles. The van der Waals surface area contributed by atoms with Crippen molar-refractivity contribution >= 4 is 52.7 Å². The molecule has 0 fully saturated rings. The zero-order chi connectivity index (χ0) is 21.7. The number of benzene rings is 2. The highest BCUT2D eigenvalue weighted by Gasteiger charge is 2.22. The smallest absolute Gasteiger partial charge is 0.342 e. The summed E-state index contributed by atoms with van der Waals surface area (Å²) in [6.45, 7) is 0.337. The van der Waals surface area contributed by atoms with Gasteiger partial charge in [0, 0.05) is 26.4 Å². The van der Waals surface area contributed by atoms with Crippen LogP contribution in [0.1, 0.15) is 21.5 Å². The fraction of sp³-hybridized carbons (Fsp3) is 0.190. The molecule has 2 N–H and O–H groups in total. The molecule has 6 nitrogen and oxygen atoms in total. The molecule has 9 heteroatoms. The second-order valence-corrected chi connectivity index (χ2v) is 8.41. The van der Waals surface area contributed by atoms with Crippen LogP contribution in [0.3, 0.4) is 0 Å². The van der Waals surface area contributed by atoms with E-state index < -0.39 is 5.97 Å². The number of rotatable bonds is 8. The van der Waals surface area contributed by atoms with Gasteiger partial charge >= 0.3 is 5.97 Å². The van der Waals surface area contributed by atoms with E-state index in [-0.39, 0.29) is 11.4 Å². The van der Waals surface area contributed by atoms with Gasteiger partial charge in [-0.3, -0.25) is 0 Å². The third-order valence-electron chi connectivity index (χ3n) is 4.14. The fourth-order valence-corrected chi connectivity index (χ4v) is 3.91. The zero-order valence-electron chi connectivity index (χ0n) is 16.4. The minimum absolute atomic E-state index is 0.0431. The molecule has 3 aromatic rings. The Labute approximate surface area is 189 Å². The highest BCUT2D eigenvalue weighted by atomic mass is 35.5. The van der Waals surface area contributed by atoms with E-state index >= 15 is 0 Å². The van der Waals surface area contributed by atoms with Gasteiger partial charge in [-0.25, -0.2) is 9.78 Å². The predicted octanol–water partition coefficient (Wildman–Crippen LogP) is 5.45. The van der Waals surface area contributed by atoms with E-state index in [1.165, 1.54) is 11.8 Å². The van der Waals surface area contributed by atoms with Crippen molar-refractivity contribution in [2.45, 2.75) is 17.3 Å². The first kappa shape index (κ1) is 22.2.